The minimum absolute atomic E-state index is 0.0669. The van der Waals surface area contributed by atoms with Gasteiger partial charge in [0.05, 0.1) is 19.1 Å². The fraction of sp³-hybridized carbons (Fsp3) is 0.355. The molecule has 0 spiro atoms. The maximum absolute atomic E-state index is 14.1. The summed E-state index contributed by atoms with van der Waals surface area (Å²) in [5, 5.41) is 3.17. The molecule has 2 amide bonds. The molecule has 8 nitrogen and oxygen atoms in total. The van der Waals surface area contributed by atoms with E-state index in [4.69, 9.17) is 4.74 Å². The molecule has 1 fully saturated rings. The van der Waals surface area contributed by atoms with E-state index in [1.165, 1.54) is 12.0 Å². The van der Waals surface area contributed by atoms with Crippen LogP contribution in [0.25, 0.3) is 0 Å². The highest BCUT2D eigenvalue weighted by Gasteiger charge is 2.34. The summed E-state index contributed by atoms with van der Waals surface area (Å²) in [7, 11) is -2.31. The van der Waals surface area contributed by atoms with Crippen molar-refractivity contribution in [1.82, 2.24) is 10.2 Å². The van der Waals surface area contributed by atoms with E-state index in [9.17, 15) is 18.0 Å². The maximum atomic E-state index is 14.1. The van der Waals surface area contributed by atoms with Crippen LogP contribution >= 0.6 is 15.9 Å². The van der Waals surface area contributed by atoms with E-state index in [1.54, 1.807) is 24.3 Å². The van der Waals surface area contributed by atoms with Gasteiger partial charge in [0.2, 0.25) is 21.8 Å². The highest BCUT2D eigenvalue weighted by molar-refractivity contribution is 9.10. The van der Waals surface area contributed by atoms with E-state index in [-0.39, 0.29) is 18.5 Å². The monoisotopic (exact) mass is 641 g/mol. The van der Waals surface area contributed by atoms with Gasteiger partial charge in [-0.3, -0.25) is 13.9 Å². The molecule has 0 aromatic heterocycles. The standard InChI is InChI=1S/C31H36BrN3O5S/c1-40-28-18-16-27(17-19-28)35(41(2,38)39)22-30(36)34(21-24-12-14-25(32)15-13-24)29(20-23-8-4-3-5-9-23)31(37)33-26-10-6-7-11-26/h3-5,8-9,12-19,26,29H,6-7,10-11,20-22H2,1-2H3,(H,33,37). The van der Waals surface area contributed by atoms with Gasteiger partial charge in [-0.1, -0.05) is 71.2 Å². The molecule has 218 valence electrons. The molecule has 41 heavy (non-hydrogen) atoms. The second-order valence-corrected chi connectivity index (χ2v) is 13.1. The van der Waals surface area contributed by atoms with Crippen LogP contribution in [-0.2, 0) is 32.6 Å². The Labute approximate surface area is 250 Å². The van der Waals surface area contributed by atoms with Crippen molar-refractivity contribution in [3.63, 3.8) is 0 Å². The van der Waals surface area contributed by atoms with E-state index in [1.807, 2.05) is 54.6 Å². The lowest BCUT2D eigenvalue weighted by Gasteiger charge is -2.34. The summed E-state index contributed by atoms with van der Waals surface area (Å²) in [4.78, 5) is 29.5. The SMILES string of the molecule is COc1ccc(N(CC(=O)N(Cc2ccc(Br)cc2)C(Cc2ccccc2)C(=O)NC2CCCC2)S(C)(=O)=O)cc1. The van der Waals surface area contributed by atoms with E-state index in [0.29, 0.717) is 17.9 Å². The molecule has 1 saturated carbocycles. The molecule has 3 aromatic rings. The molecule has 3 aromatic carbocycles. The Balaban J connectivity index is 1.71. The van der Waals surface area contributed by atoms with Gasteiger partial charge in [0.25, 0.3) is 0 Å². The molecular weight excluding hydrogens is 606 g/mol. The Hall–Kier alpha value is -3.37. The highest BCUT2D eigenvalue weighted by atomic mass is 79.9. The summed E-state index contributed by atoms with van der Waals surface area (Å²) < 4.78 is 33.0. The molecule has 0 bridgehead atoms. The summed E-state index contributed by atoms with van der Waals surface area (Å²) in [6, 6.07) is 22.8. The Morgan fingerprint density at radius 2 is 1.59 bits per heavy atom. The van der Waals surface area contributed by atoms with Gasteiger partial charge in [-0.25, -0.2) is 8.42 Å². The van der Waals surface area contributed by atoms with Gasteiger partial charge in [0.1, 0.15) is 18.3 Å². The Bertz CT molecular complexity index is 1410. The largest absolute Gasteiger partial charge is 0.497 e. The van der Waals surface area contributed by atoms with Crippen molar-refractivity contribution in [3.05, 3.63) is 94.5 Å². The van der Waals surface area contributed by atoms with Crippen molar-refractivity contribution in [2.24, 2.45) is 0 Å². The Kier molecular flexibility index (Phi) is 10.4. The van der Waals surface area contributed by atoms with Gasteiger partial charge in [-0.15, -0.1) is 0 Å². The van der Waals surface area contributed by atoms with Gasteiger partial charge in [-0.2, -0.15) is 0 Å². The molecule has 0 heterocycles. The number of hydrogen-bond donors (Lipinski definition) is 1. The van der Waals surface area contributed by atoms with Crippen LogP contribution in [0.3, 0.4) is 0 Å². The minimum atomic E-state index is -3.83. The van der Waals surface area contributed by atoms with E-state index < -0.39 is 28.5 Å². The number of benzene rings is 3. The zero-order valence-electron chi connectivity index (χ0n) is 23.3. The van der Waals surface area contributed by atoms with Crippen LogP contribution in [0.2, 0.25) is 0 Å². The number of anilines is 1. The fourth-order valence-corrected chi connectivity index (χ4v) is 6.18. The number of methoxy groups -OCH3 is 1. The van der Waals surface area contributed by atoms with Gasteiger partial charge < -0.3 is 15.0 Å². The van der Waals surface area contributed by atoms with Crippen LogP contribution in [-0.4, -0.2) is 57.1 Å². The molecule has 0 aliphatic heterocycles. The zero-order valence-corrected chi connectivity index (χ0v) is 25.7. The summed E-state index contributed by atoms with van der Waals surface area (Å²) >= 11 is 3.45. The lowest BCUT2D eigenvalue weighted by Crippen LogP contribution is -2.54. The molecule has 1 N–H and O–H groups in total. The summed E-state index contributed by atoms with van der Waals surface area (Å²) in [5.74, 6) is -0.143. The number of nitrogens with zero attached hydrogens (tertiary/aromatic N) is 2. The van der Waals surface area contributed by atoms with Crippen LogP contribution in [0, 0.1) is 0 Å². The average Bonchev–Trinajstić information content (AvgIpc) is 3.47. The number of sulfonamides is 1. The first kappa shape index (κ1) is 30.6. The number of carbonyl (C=O) groups excluding carboxylic acids is 2. The minimum Gasteiger partial charge on any atom is -0.497 e. The maximum Gasteiger partial charge on any atom is 0.244 e. The first-order valence-corrected chi connectivity index (χ1v) is 16.3. The lowest BCUT2D eigenvalue weighted by molar-refractivity contribution is -0.140. The number of rotatable bonds is 12. The van der Waals surface area contributed by atoms with Crippen molar-refractivity contribution in [2.75, 3.05) is 24.2 Å². The molecule has 1 aliphatic rings. The Morgan fingerprint density at radius 3 is 2.17 bits per heavy atom. The van der Waals surface area contributed by atoms with Crippen molar-refractivity contribution in [1.29, 1.82) is 0 Å². The number of amides is 2. The quantitative estimate of drug-likeness (QED) is 0.303. The molecule has 4 rings (SSSR count). The number of halogens is 1. The molecular formula is C31H36BrN3O5S. The van der Waals surface area contributed by atoms with Crippen molar-refractivity contribution < 1.29 is 22.7 Å². The molecule has 1 atom stereocenters. The van der Waals surface area contributed by atoms with Gasteiger partial charge in [0, 0.05) is 23.5 Å². The van der Waals surface area contributed by atoms with Gasteiger partial charge >= 0.3 is 0 Å². The lowest BCUT2D eigenvalue weighted by atomic mass is 10.0. The fourth-order valence-electron chi connectivity index (χ4n) is 5.07. The zero-order chi connectivity index (χ0) is 29.4. The highest BCUT2D eigenvalue weighted by Crippen LogP contribution is 2.24. The van der Waals surface area contributed by atoms with Crippen molar-refractivity contribution >= 4 is 43.5 Å². The molecule has 1 aliphatic carbocycles. The third-order valence-corrected chi connectivity index (χ3v) is 8.95. The summed E-state index contributed by atoms with van der Waals surface area (Å²) in [5.41, 5.74) is 2.06. The first-order chi connectivity index (χ1) is 19.6. The van der Waals surface area contributed by atoms with Gasteiger partial charge in [-0.05, 0) is 60.4 Å². The Morgan fingerprint density at radius 1 is 0.951 bits per heavy atom. The van der Waals surface area contributed by atoms with Crippen LogP contribution in [0.4, 0.5) is 5.69 Å². The van der Waals surface area contributed by atoms with Crippen molar-refractivity contribution in [3.8, 4) is 5.75 Å². The van der Waals surface area contributed by atoms with E-state index >= 15 is 0 Å². The first-order valence-electron chi connectivity index (χ1n) is 13.6. The number of nitrogens with one attached hydrogen (secondary N) is 1. The average molecular weight is 643 g/mol. The van der Waals surface area contributed by atoms with Crippen LogP contribution in [0.15, 0.2) is 83.3 Å². The van der Waals surface area contributed by atoms with Crippen LogP contribution in [0.1, 0.15) is 36.8 Å². The molecule has 0 saturated heterocycles. The number of hydrogen-bond acceptors (Lipinski definition) is 5. The second-order valence-electron chi connectivity index (χ2n) is 10.3. The van der Waals surface area contributed by atoms with Gasteiger partial charge in [0.15, 0.2) is 0 Å². The van der Waals surface area contributed by atoms with E-state index in [0.717, 1.165) is 51.8 Å². The second kappa shape index (κ2) is 14.0. The smallest absolute Gasteiger partial charge is 0.244 e. The van der Waals surface area contributed by atoms with Crippen LogP contribution in [0.5, 0.6) is 5.75 Å². The summed E-state index contributed by atoms with van der Waals surface area (Å²) in [6.45, 7) is -0.314. The molecule has 0 radical (unpaired) electrons. The normalized spacial score (nSPS) is 14.3. The number of ether oxygens (including phenoxy) is 1. The van der Waals surface area contributed by atoms with Crippen molar-refractivity contribution in [2.45, 2.75) is 50.7 Å². The molecule has 1 unspecified atom stereocenters. The number of carbonyl (C=O) groups is 2. The van der Waals surface area contributed by atoms with Crippen LogP contribution < -0.4 is 14.4 Å². The third kappa shape index (κ3) is 8.56. The third-order valence-electron chi connectivity index (χ3n) is 7.28. The predicted octanol–water partition coefficient (Wildman–Crippen LogP) is 4.92. The summed E-state index contributed by atoms with van der Waals surface area (Å²) in [6.07, 6.45) is 5.29. The topological polar surface area (TPSA) is 96.0 Å². The molecule has 10 heteroatoms. The van der Waals surface area contributed by atoms with E-state index in [2.05, 4.69) is 21.2 Å². The predicted molar refractivity (Wildman–Crippen MR) is 164 cm³/mol.